The summed E-state index contributed by atoms with van der Waals surface area (Å²) in [6.07, 6.45) is 4.06. The van der Waals surface area contributed by atoms with E-state index in [0.29, 0.717) is 6.04 Å². The van der Waals surface area contributed by atoms with Gasteiger partial charge in [-0.25, -0.2) is 4.98 Å². The maximum Gasteiger partial charge on any atom is 0.186 e. The monoisotopic (exact) mass is 268 g/mol. The van der Waals surface area contributed by atoms with Crippen LogP contribution in [0.5, 0.6) is 0 Å². The molecule has 5 heteroatoms. The first-order valence-electron chi connectivity index (χ1n) is 6.46. The average Bonchev–Trinajstić information content (AvgIpc) is 2.95. The zero-order valence-corrected chi connectivity index (χ0v) is 12.0. The minimum absolute atomic E-state index is 0.230. The van der Waals surface area contributed by atoms with Crippen molar-refractivity contribution in [2.75, 3.05) is 18.6 Å². The van der Waals surface area contributed by atoms with Gasteiger partial charge in [0.1, 0.15) is 0 Å². The van der Waals surface area contributed by atoms with Crippen molar-refractivity contribution < 1.29 is 9.53 Å². The lowest BCUT2D eigenvalue weighted by atomic mass is 10.1. The molecule has 1 aromatic rings. The van der Waals surface area contributed by atoms with Crippen LogP contribution < -0.4 is 4.90 Å². The van der Waals surface area contributed by atoms with Gasteiger partial charge in [-0.2, -0.15) is 0 Å². The Balaban J connectivity index is 2.19. The highest BCUT2D eigenvalue weighted by atomic mass is 32.1. The van der Waals surface area contributed by atoms with E-state index in [0.717, 1.165) is 47.9 Å². The van der Waals surface area contributed by atoms with E-state index in [-0.39, 0.29) is 6.10 Å². The highest BCUT2D eigenvalue weighted by Gasteiger charge is 2.29. The minimum Gasteiger partial charge on any atom is -0.376 e. The molecule has 1 aliphatic rings. The van der Waals surface area contributed by atoms with Gasteiger partial charge in [0, 0.05) is 13.7 Å². The van der Waals surface area contributed by atoms with E-state index in [9.17, 15) is 4.79 Å². The molecule has 0 amide bonds. The Morgan fingerprint density at radius 1 is 1.61 bits per heavy atom. The molecule has 0 aliphatic carbocycles. The Morgan fingerprint density at radius 3 is 2.94 bits per heavy atom. The molecular weight excluding hydrogens is 248 g/mol. The smallest absolute Gasteiger partial charge is 0.186 e. The molecule has 2 heterocycles. The van der Waals surface area contributed by atoms with Gasteiger partial charge in [-0.05, 0) is 19.8 Å². The lowest BCUT2D eigenvalue weighted by Crippen LogP contribution is -2.36. The van der Waals surface area contributed by atoms with Gasteiger partial charge in [-0.1, -0.05) is 24.7 Å². The summed E-state index contributed by atoms with van der Waals surface area (Å²) in [5.74, 6) is 0. The van der Waals surface area contributed by atoms with Gasteiger partial charge < -0.3 is 9.64 Å². The van der Waals surface area contributed by atoms with Crippen LogP contribution in [0.3, 0.4) is 0 Å². The summed E-state index contributed by atoms with van der Waals surface area (Å²) in [6.45, 7) is 5.00. The number of likely N-dealkylation sites (N-methyl/N-ethyl adjacent to an activating group) is 1. The number of aryl methyl sites for hydroxylation is 1. The largest absolute Gasteiger partial charge is 0.376 e. The molecule has 0 saturated carbocycles. The van der Waals surface area contributed by atoms with Crippen molar-refractivity contribution in [3.8, 4) is 0 Å². The van der Waals surface area contributed by atoms with Crippen LogP contribution in [0.15, 0.2) is 0 Å². The molecular formula is C13H20N2O2S. The standard InChI is InChI=1S/C13H20N2O2S/c1-4-5-10-12(8-16)18-13(14-10)15(3)11-6-7-17-9(11)2/h8-9,11H,4-7H2,1-3H3. The van der Waals surface area contributed by atoms with Gasteiger partial charge in [0.2, 0.25) is 0 Å². The number of ether oxygens (including phenoxy) is 1. The Bertz CT molecular complexity index is 419. The van der Waals surface area contributed by atoms with Crippen molar-refractivity contribution in [3.63, 3.8) is 0 Å². The highest BCUT2D eigenvalue weighted by molar-refractivity contribution is 7.17. The Hall–Kier alpha value is -0.940. The van der Waals surface area contributed by atoms with Crippen LogP contribution in [0.4, 0.5) is 5.13 Å². The molecule has 2 rings (SSSR count). The van der Waals surface area contributed by atoms with Crippen LogP contribution in [0, 0.1) is 0 Å². The van der Waals surface area contributed by atoms with Crippen LogP contribution in [-0.2, 0) is 11.2 Å². The molecule has 1 saturated heterocycles. The molecule has 18 heavy (non-hydrogen) atoms. The normalized spacial score (nSPS) is 23.3. The molecule has 0 radical (unpaired) electrons. The van der Waals surface area contributed by atoms with Gasteiger partial charge in [0.15, 0.2) is 11.4 Å². The van der Waals surface area contributed by atoms with Crippen molar-refractivity contribution in [3.05, 3.63) is 10.6 Å². The van der Waals surface area contributed by atoms with E-state index < -0.39 is 0 Å². The first-order valence-corrected chi connectivity index (χ1v) is 7.28. The fraction of sp³-hybridized carbons (Fsp3) is 0.692. The van der Waals surface area contributed by atoms with Crippen molar-refractivity contribution >= 4 is 22.8 Å². The van der Waals surface area contributed by atoms with Crippen molar-refractivity contribution in [1.82, 2.24) is 4.98 Å². The average molecular weight is 268 g/mol. The molecule has 1 fully saturated rings. The first kappa shape index (κ1) is 13.5. The van der Waals surface area contributed by atoms with Gasteiger partial charge in [-0.15, -0.1) is 0 Å². The molecule has 0 spiro atoms. The lowest BCUT2D eigenvalue weighted by molar-refractivity contribution is 0.112. The SMILES string of the molecule is CCCc1nc(N(C)C2CCOC2C)sc1C=O. The first-order chi connectivity index (χ1) is 8.67. The summed E-state index contributed by atoms with van der Waals surface area (Å²) in [4.78, 5) is 18.6. The molecule has 4 nitrogen and oxygen atoms in total. The van der Waals surface area contributed by atoms with Crippen LogP contribution in [0.25, 0.3) is 0 Å². The molecule has 1 aromatic heterocycles. The predicted molar refractivity (Wildman–Crippen MR) is 73.7 cm³/mol. The van der Waals surface area contributed by atoms with Crippen LogP contribution in [-0.4, -0.2) is 37.1 Å². The van der Waals surface area contributed by atoms with E-state index in [1.165, 1.54) is 11.3 Å². The fourth-order valence-corrected chi connectivity index (χ4v) is 3.33. The van der Waals surface area contributed by atoms with E-state index in [2.05, 4.69) is 23.7 Å². The molecule has 0 N–H and O–H groups in total. The molecule has 1 aliphatic heterocycles. The van der Waals surface area contributed by atoms with Crippen molar-refractivity contribution in [1.29, 1.82) is 0 Å². The summed E-state index contributed by atoms with van der Waals surface area (Å²) < 4.78 is 5.58. The number of hydrogen-bond donors (Lipinski definition) is 0. The van der Waals surface area contributed by atoms with Crippen LogP contribution in [0.1, 0.15) is 42.1 Å². The quantitative estimate of drug-likeness (QED) is 0.770. The highest BCUT2D eigenvalue weighted by Crippen LogP contribution is 2.30. The second kappa shape index (κ2) is 5.80. The number of rotatable bonds is 5. The van der Waals surface area contributed by atoms with Gasteiger partial charge >= 0.3 is 0 Å². The number of aromatic nitrogens is 1. The number of aldehydes is 1. The molecule has 0 aromatic carbocycles. The summed E-state index contributed by atoms with van der Waals surface area (Å²) in [5, 5.41) is 0.933. The minimum atomic E-state index is 0.230. The van der Waals surface area contributed by atoms with E-state index in [1.54, 1.807) is 0 Å². The Morgan fingerprint density at radius 2 is 2.39 bits per heavy atom. The summed E-state index contributed by atoms with van der Waals surface area (Å²) in [7, 11) is 2.04. The zero-order chi connectivity index (χ0) is 13.1. The second-order valence-electron chi connectivity index (χ2n) is 4.72. The number of carbonyl (C=O) groups is 1. The topological polar surface area (TPSA) is 42.4 Å². The maximum absolute atomic E-state index is 11.1. The van der Waals surface area contributed by atoms with Crippen LogP contribution in [0.2, 0.25) is 0 Å². The zero-order valence-electron chi connectivity index (χ0n) is 11.2. The molecule has 2 atom stereocenters. The van der Waals surface area contributed by atoms with Gasteiger partial charge in [-0.3, -0.25) is 4.79 Å². The molecule has 100 valence electrons. The molecule has 2 unspecified atom stereocenters. The number of nitrogens with zero attached hydrogens (tertiary/aromatic N) is 2. The summed E-state index contributed by atoms with van der Waals surface area (Å²) in [5.41, 5.74) is 0.936. The third kappa shape index (κ3) is 2.57. The Labute approximate surface area is 112 Å². The third-order valence-electron chi connectivity index (χ3n) is 3.45. The van der Waals surface area contributed by atoms with Crippen LogP contribution >= 0.6 is 11.3 Å². The number of carbonyl (C=O) groups excluding carboxylic acids is 1. The molecule has 0 bridgehead atoms. The Kier molecular flexibility index (Phi) is 4.35. The van der Waals surface area contributed by atoms with Gasteiger partial charge in [0.05, 0.1) is 22.7 Å². The fourth-order valence-electron chi connectivity index (χ4n) is 2.38. The maximum atomic E-state index is 11.1. The summed E-state index contributed by atoms with van der Waals surface area (Å²) in [6, 6.07) is 0.366. The summed E-state index contributed by atoms with van der Waals surface area (Å²) >= 11 is 1.49. The number of anilines is 1. The van der Waals surface area contributed by atoms with Crippen molar-refractivity contribution in [2.45, 2.75) is 45.3 Å². The van der Waals surface area contributed by atoms with E-state index in [1.807, 2.05) is 7.05 Å². The predicted octanol–water partition coefficient (Wildman–Crippen LogP) is 2.52. The van der Waals surface area contributed by atoms with E-state index in [4.69, 9.17) is 4.74 Å². The van der Waals surface area contributed by atoms with Gasteiger partial charge in [0.25, 0.3) is 0 Å². The van der Waals surface area contributed by atoms with Crippen molar-refractivity contribution in [2.24, 2.45) is 0 Å². The lowest BCUT2D eigenvalue weighted by Gasteiger charge is -2.26. The number of hydrogen-bond acceptors (Lipinski definition) is 5. The second-order valence-corrected chi connectivity index (χ2v) is 5.73. The van der Waals surface area contributed by atoms with E-state index >= 15 is 0 Å². The number of thiazole rings is 1. The third-order valence-corrected chi connectivity index (χ3v) is 4.56.